The molecule has 0 radical (unpaired) electrons. The molecule has 0 heterocycles. The van der Waals surface area contributed by atoms with Crippen LogP contribution in [0.5, 0.6) is 0 Å². The lowest BCUT2D eigenvalue weighted by Gasteiger charge is -2.07. The minimum absolute atomic E-state index is 0.0850. The molecule has 3 unspecified atom stereocenters. The van der Waals surface area contributed by atoms with Crippen molar-refractivity contribution in [3.63, 3.8) is 0 Å². The Labute approximate surface area is 70.0 Å². The summed E-state index contributed by atoms with van der Waals surface area (Å²) in [7, 11) is -1.07. The van der Waals surface area contributed by atoms with E-state index < -0.39 is 10.8 Å². The van der Waals surface area contributed by atoms with Crippen molar-refractivity contribution in [2.75, 3.05) is 5.75 Å². The minimum Gasteiger partial charge on any atom is -0.327 e. The molecule has 0 spiro atoms. The van der Waals surface area contributed by atoms with Crippen LogP contribution in [-0.2, 0) is 10.8 Å². The number of nitrogens with zero attached hydrogens (tertiary/aromatic N) is 1. The maximum Gasteiger partial charge on any atom is 0.121 e. The molecule has 4 heteroatoms. The fourth-order valence-corrected chi connectivity index (χ4v) is 1.95. The van der Waals surface area contributed by atoms with Gasteiger partial charge in [0.15, 0.2) is 0 Å². The second-order valence-corrected chi connectivity index (χ2v) is 4.21. The SMILES string of the molecule is CCC(C#N)S(=O)CC(C)N. The standard InChI is InChI=1S/C7H14N2OS/c1-3-7(4-8)11(10)5-6(2)9/h6-7H,3,5,9H2,1-2H3. The zero-order chi connectivity index (χ0) is 8.85. The van der Waals surface area contributed by atoms with Gasteiger partial charge in [-0.3, -0.25) is 4.21 Å². The summed E-state index contributed by atoms with van der Waals surface area (Å²) in [4.78, 5) is 0. The summed E-state index contributed by atoms with van der Waals surface area (Å²) in [5.41, 5.74) is 5.44. The maximum absolute atomic E-state index is 11.2. The van der Waals surface area contributed by atoms with Gasteiger partial charge in [0.1, 0.15) is 5.25 Å². The molecule has 0 saturated carbocycles. The topological polar surface area (TPSA) is 66.9 Å². The Kier molecular flexibility index (Phi) is 5.08. The Morgan fingerprint density at radius 1 is 1.73 bits per heavy atom. The van der Waals surface area contributed by atoms with Crippen molar-refractivity contribution >= 4 is 10.8 Å². The van der Waals surface area contributed by atoms with E-state index in [1.807, 2.05) is 13.0 Å². The number of rotatable bonds is 4. The Hall–Kier alpha value is -0.400. The summed E-state index contributed by atoms with van der Waals surface area (Å²) in [6.07, 6.45) is 0.635. The third-order valence-corrected chi connectivity index (χ3v) is 3.19. The van der Waals surface area contributed by atoms with Crippen LogP contribution < -0.4 is 5.73 Å². The fourth-order valence-electron chi connectivity index (χ4n) is 0.711. The highest BCUT2D eigenvalue weighted by Gasteiger charge is 2.14. The highest BCUT2D eigenvalue weighted by atomic mass is 32.2. The molecule has 0 aliphatic carbocycles. The number of hydrogen-bond donors (Lipinski definition) is 1. The molecule has 0 aromatic rings. The molecule has 0 aromatic heterocycles. The zero-order valence-electron chi connectivity index (χ0n) is 6.91. The highest BCUT2D eigenvalue weighted by Crippen LogP contribution is 2.01. The first-order valence-corrected chi connectivity index (χ1v) is 5.02. The Balaban J connectivity index is 3.92. The van der Waals surface area contributed by atoms with Gasteiger partial charge in [0, 0.05) is 22.6 Å². The zero-order valence-corrected chi connectivity index (χ0v) is 7.73. The van der Waals surface area contributed by atoms with Crippen LogP contribution in [-0.4, -0.2) is 21.3 Å². The molecule has 0 fully saturated rings. The van der Waals surface area contributed by atoms with Gasteiger partial charge in [-0.25, -0.2) is 0 Å². The molecule has 0 amide bonds. The first kappa shape index (κ1) is 10.6. The third kappa shape index (κ3) is 4.12. The molecular weight excluding hydrogens is 160 g/mol. The van der Waals surface area contributed by atoms with E-state index in [1.165, 1.54) is 0 Å². The van der Waals surface area contributed by atoms with Crippen molar-refractivity contribution in [3.8, 4) is 6.07 Å². The van der Waals surface area contributed by atoms with Crippen molar-refractivity contribution in [1.29, 1.82) is 5.26 Å². The van der Waals surface area contributed by atoms with Gasteiger partial charge in [-0.1, -0.05) is 6.92 Å². The predicted octanol–water partition coefficient (Wildman–Crippen LogP) is 0.384. The second kappa shape index (κ2) is 5.28. The number of hydrogen-bond acceptors (Lipinski definition) is 3. The van der Waals surface area contributed by atoms with E-state index in [0.717, 1.165) is 0 Å². The average molecular weight is 174 g/mol. The summed E-state index contributed by atoms with van der Waals surface area (Å²) in [6.45, 7) is 3.65. The molecule has 3 atom stereocenters. The van der Waals surface area contributed by atoms with Gasteiger partial charge >= 0.3 is 0 Å². The van der Waals surface area contributed by atoms with Gasteiger partial charge in [-0.15, -0.1) is 0 Å². The molecule has 0 aliphatic heterocycles. The Morgan fingerprint density at radius 3 is 2.55 bits per heavy atom. The second-order valence-electron chi connectivity index (χ2n) is 2.55. The van der Waals surface area contributed by atoms with E-state index in [1.54, 1.807) is 6.92 Å². The summed E-state index contributed by atoms with van der Waals surface area (Å²) >= 11 is 0. The predicted molar refractivity (Wildman–Crippen MR) is 46.4 cm³/mol. The molecule has 0 rings (SSSR count). The lowest BCUT2D eigenvalue weighted by molar-refractivity contribution is 0.669. The Bertz CT molecular complexity index is 174. The van der Waals surface area contributed by atoms with Crippen molar-refractivity contribution in [3.05, 3.63) is 0 Å². The van der Waals surface area contributed by atoms with E-state index in [9.17, 15) is 4.21 Å². The van der Waals surface area contributed by atoms with E-state index in [2.05, 4.69) is 0 Å². The molecule has 0 bridgehead atoms. The van der Waals surface area contributed by atoms with Crippen molar-refractivity contribution in [1.82, 2.24) is 0 Å². The quantitative estimate of drug-likeness (QED) is 0.670. The van der Waals surface area contributed by atoms with Gasteiger partial charge in [0.25, 0.3) is 0 Å². The lowest BCUT2D eigenvalue weighted by Crippen LogP contribution is -2.27. The molecular formula is C7H14N2OS. The lowest BCUT2D eigenvalue weighted by atomic mass is 10.4. The van der Waals surface area contributed by atoms with Crippen LogP contribution in [0.2, 0.25) is 0 Å². The van der Waals surface area contributed by atoms with Crippen molar-refractivity contribution < 1.29 is 4.21 Å². The van der Waals surface area contributed by atoms with Crippen LogP contribution in [0.4, 0.5) is 0 Å². The van der Waals surface area contributed by atoms with Crippen LogP contribution in [0.15, 0.2) is 0 Å². The monoisotopic (exact) mass is 174 g/mol. The fraction of sp³-hybridized carbons (Fsp3) is 0.857. The third-order valence-electron chi connectivity index (χ3n) is 1.26. The molecule has 3 nitrogen and oxygen atoms in total. The van der Waals surface area contributed by atoms with Crippen LogP contribution in [0.25, 0.3) is 0 Å². The van der Waals surface area contributed by atoms with E-state index in [-0.39, 0.29) is 11.3 Å². The summed E-state index contributed by atoms with van der Waals surface area (Å²) in [5, 5.41) is 8.18. The smallest absolute Gasteiger partial charge is 0.121 e. The molecule has 0 aromatic carbocycles. The summed E-state index contributed by atoms with van der Waals surface area (Å²) in [5.74, 6) is 0.423. The van der Waals surface area contributed by atoms with Gasteiger partial charge in [-0.2, -0.15) is 5.26 Å². The average Bonchev–Trinajstić information content (AvgIpc) is 1.88. The van der Waals surface area contributed by atoms with Crippen LogP contribution in [0.3, 0.4) is 0 Å². The molecule has 11 heavy (non-hydrogen) atoms. The van der Waals surface area contributed by atoms with Crippen molar-refractivity contribution in [2.45, 2.75) is 31.6 Å². The van der Waals surface area contributed by atoms with E-state index in [0.29, 0.717) is 12.2 Å². The first-order chi connectivity index (χ1) is 5.11. The first-order valence-electron chi connectivity index (χ1n) is 3.64. The number of nitriles is 1. The van der Waals surface area contributed by atoms with Gasteiger partial charge < -0.3 is 5.73 Å². The van der Waals surface area contributed by atoms with E-state index >= 15 is 0 Å². The van der Waals surface area contributed by atoms with E-state index in [4.69, 9.17) is 11.0 Å². The van der Waals surface area contributed by atoms with Gasteiger partial charge in [-0.05, 0) is 13.3 Å². The normalized spacial score (nSPS) is 18.4. The minimum atomic E-state index is -1.07. The molecule has 64 valence electrons. The maximum atomic E-state index is 11.2. The van der Waals surface area contributed by atoms with Crippen LogP contribution in [0, 0.1) is 11.3 Å². The van der Waals surface area contributed by atoms with Gasteiger partial charge in [0.2, 0.25) is 0 Å². The van der Waals surface area contributed by atoms with Crippen LogP contribution >= 0.6 is 0 Å². The molecule has 0 aliphatic rings. The summed E-state index contributed by atoms with van der Waals surface area (Å²) in [6, 6.07) is 1.92. The van der Waals surface area contributed by atoms with Crippen LogP contribution in [0.1, 0.15) is 20.3 Å². The molecule has 0 saturated heterocycles. The largest absolute Gasteiger partial charge is 0.327 e. The molecule has 2 N–H and O–H groups in total. The van der Waals surface area contributed by atoms with Gasteiger partial charge in [0.05, 0.1) is 6.07 Å². The van der Waals surface area contributed by atoms with Crippen molar-refractivity contribution in [2.24, 2.45) is 5.73 Å². The Morgan fingerprint density at radius 2 is 2.27 bits per heavy atom. The summed E-state index contributed by atoms with van der Waals surface area (Å²) < 4.78 is 11.2. The number of nitrogens with two attached hydrogens (primary N) is 1. The highest BCUT2D eigenvalue weighted by molar-refractivity contribution is 7.85.